The molecular weight excluding hydrogens is 344 g/mol. The maximum atomic E-state index is 11.9. The van der Waals surface area contributed by atoms with Crippen molar-refractivity contribution in [2.45, 2.75) is 18.9 Å². The Kier molecular flexibility index (Phi) is 4.29. The lowest BCUT2D eigenvalue weighted by molar-refractivity contribution is 0.100. The molecule has 27 heavy (non-hydrogen) atoms. The third-order valence-corrected chi connectivity index (χ3v) is 4.24. The molecule has 8 nitrogen and oxygen atoms in total. The second kappa shape index (κ2) is 6.91. The number of carbonyl (C=O) groups excluding carboxylic acids is 1. The Labute approximate surface area is 154 Å². The van der Waals surface area contributed by atoms with E-state index in [0.717, 1.165) is 24.1 Å². The van der Waals surface area contributed by atoms with Gasteiger partial charge in [0.2, 0.25) is 5.95 Å². The van der Waals surface area contributed by atoms with E-state index in [1.165, 1.54) is 6.20 Å². The summed E-state index contributed by atoms with van der Waals surface area (Å²) in [5.41, 5.74) is 7.69. The van der Waals surface area contributed by atoms with Crippen LogP contribution in [0.2, 0.25) is 0 Å². The summed E-state index contributed by atoms with van der Waals surface area (Å²) in [6.45, 7) is 0. The van der Waals surface area contributed by atoms with Crippen molar-refractivity contribution in [2.75, 3.05) is 10.6 Å². The number of nitrogens with one attached hydrogen (secondary N) is 3. The first kappa shape index (κ1) is 16.8. The summed E-state index contributed by atoms with van der Waals surface area (Å²) in [6.07, 6.45) is 5.11. The molecule has 1 fully saturated rings. The Hall–Kier alpha value is -3.68. The second-order valence-corrected chi connectivity index (χ2v) is 6.35. The summed E-state index contributed by atoms with van der Waals surface area (Å²) < 4.78 is 0. The highest BCUT2D eigenvalue weighted by atomic mass is 16.1. The minimum absolute atomic E-state index is 0.139. The average Bonchev–Trinajstić information content (AvgIpc) is 3.47. The molecule has 1 aliphatic rings. The molecule has 0 aliphatic heterocycles. The van der Waals surface area contributed by atoms with E-state index in [1.54, 1.807) is 18.3 Å². The fourth-order valence-electron chi connectivity index (χ4n) is 2.66. The van der Waals surface area contributed by atoms with Crippen LogP contribution in [0.3, 0.4) is 0 Å². The summed E-state index contributed by atoms with van der Waals surface area (Å²) >= 11 is 0. The number of primary amides is 1. The highest BCUT2D eigenvalue weighted by Crippen LogP contribution is 2.26. The molecule has 5 N–H and O–H groups in total. The van der Waals surface area contributed by atoms with Crippen LogP contribution in [-0.2, 0) is 0 Å². The normalized spacial score (nSPS) is 13.2. The molecule has 1 aromatic carbocycles. The first-order valence-electron chi connectivity index (χ1n) is 8.59. The van der Waals surface area contributed by atoms with Gasteiger partial charge in [-0.15, -0.1) is 0 Å². The van der Waals surface area contributed by atoms with Crippen LogP contribution in [0.25, 0.3) is 11.1 Å². The van der Waals surface area contributed by atoms with Gasteiger partial charge in [-0.1, -0.05) is 12.1 Å². The maximum Gasteiger partial charge on any atom is 0.255 e. The van der Waals surface area contributed by atoms with Crippen molar-refractivity contribution in [3.8, 4) is 11.1 Å². The van der Waals surface area contributed by atoms with Crippen LogP contribution >= 0.6 is 0 Å². The first-order chi connectivity index (χ1) is 13.1. The van der Waals surface area contributed by atoms with Crippen LogP contribution < -0.4 is 21.9 Å². The number of aromatic amines is 1. The van der Waals surface area contributed by atoms with Crippen molar-refractivity contribution < 1.29 is 4.79 Å². The molecule has 8 heteroatoms. The van der Waals surface area contributed by atoms with Crippen molar-refractivity contribution in [1.29, 1.82) is 0 Å². The van der Waals surface area contributed by atoms with E-state index in [2.05, 4.69) is 25.6 Å². The largest absolute Gasteiger partial charge is 0.367 e. The summed E-state index contributed by atoms with van der Waals surface area (Å²) in [4.78, 5) is 34.6. The number of rotatable bonds is 6. The molecule has 1 saturated carbocycles. The van der Waals surface area contributed by atoms with Crippen molar-refractivity contribution in [3.05, 3.63) is 64.7 Å². The Morgan fingerprint density at radius 1 is 1.19 bits per heavy atom. The maximum absolute atomic E-state index is 11.9. The third-order valence-electron chi connectivity index (χ3n) is 4.24. The summed E-state index contributed by atoms with van der Waals surface area (Å²) in [5.74, 6) is 0.227. The highest BCUT2D eigenvalue weighted by molar-refractivity contribution is 5.97. The molecule has 2 heterocycles. The van der Waals surface area contributed by atoms with E-state index in [-0.39, 0.29) is 11.1 Å². The van der Waals surface area contributed by atoms with E-state index in [0.29, 0.717) is 23.4 Å². The monoisotopic (exact) mass is 362 g/mol. The number of hydrogen-bond donors (Lipinski definition) is 4. The van der Waals surface area contributed by atoms with Gasteiger partial charge in [-0.25, -0.2) is 4.98 Å². The van der Waals surface area contributed by atoms with Gasteiger partial charge in [-0.3, -0.25) is 9.59 Å². The van der Waals surface area contributed by atoms with Crippen LogP contribution in [0, 0.1) is 0 Å². The van der Waals surface area contributed by atoms with E-state index >= 15 is 0 Å². The number of nitrogens with zero attached hydrogens (tertiary/aromatic N) is 2. The Balaban J connectivity index is 1.56. The number of hydrogen-bond acceptors (Lipinski definition) is 6. The van der Waals surface area contributed by atoms with Gasteiger partial charge in [0, 0.05) is 29.7 Å². The molecule has 0 atom stereocenters. The van der Waals surface area contributed by atoms with Gasteiger partial charge in [-0.05, 0) is 42.7 Å². The lowest BCUT2D eigenvalue weighted by Crippen LogP contribution is -2.17. The number of nitrogens with two attached hydrogens (primary N) is 1. The van der Waals surface area contributed by atoms with Crippen molar-refractivity contribution in [1.82, 2.24) is 15.0 Å². The predicted molar refractivity (Wildman–Crippen MR) is 103 cm³/mol. The van der Waals surface area contributed by atoms with Gasteiger partial charge in [0.1, 0.15) is 5.82 Å². The van der Waals surface area contributed by atoms with Gasteiger partial charge in [0.05, 0.1) is 5.56 Å². The van der Waals surface area contributed by atoms with Crippen LogP contribution in [0.5, 0.6) is 0 Å². The Morgan fingerprint density at radius 3 is 2.63 bits per heavy atom. The average molecular weight is 362 g/mol. The number of H-pyrrole nitrogens is 1. The van der Waals surface area contributed by atoms with Gasteiger partial charge in [0.25, 0.3) is 11.5 Å². The quantitative estimate of drug-likeness (QED) is 0.533. The molecule has 0 bridgehead atoms. The molecule has 2 aromatic heterocycles. The SMILES string of the molecule is NC(=O)c1cnc(Nc2ccc(-c3ccc[nH]c3=O)cc2)nc1NC1CC1. The standard InChI is InChI=1S/C19H18N6O2/c20-16(26)15-10-22-19(25-17(15)23-12-7-8-12)24-13-5-3-11(4-6-13)14-2-1-9-21-18(14)27/h1-6,9-10,12H,7-8H2,(H2,20,26)(H,21,27)(H2,22,23,24,25). The zero-order valence-electron chi connectivity index (χ0n) is 14.4. The topological polar surface area (TPSA) is 126 Å². The zero-order chi connectivity index (χ0) is 18.8. The van der Waals surface area contributed by atoms with Crippen LogP contribution in [0.4, 0.5) is 17.5 Å². The summed E-state index contributed by atoms with van der Waals surface area (Å²) in [6, 6.07) is 11.2. The fraction of sp³-hybridized carbons (Fsp3) is 0.158. The number of amides is 1. The zero-order valence-corrected chi connectivity index (χ0v) is 14.4. The van der Waals surface area contributed by atoms with Gasteiger partial charge in [0.15, 0.2) is 0 Å². The molecule has 0 unspecified atom stereocenters. The summed E-state index contributed by atoms with van der Waals surface area (Å²) in [7, 11) is 0. The number of aromatic nitrogens is 3. The molecule has 136 valence electrons. The van der Waals surface area contributed by atoms with Crippen molar-refractivity contribution >= 4 is 23.4 Å². The lowest BCUT2D eigenvalue weighted by Gasteiger charge is -2.11. The molecule has 1 amide bonds. The van der Waals surface area contributed by atoms with E-state index in [1.807, 2.05) is 24.3 Å². The minimum Gasteiger partial charge on any atom is -0.367 e. The molecule has 0 saturated heterocycles. The van der Waals surface area contributed by atoms with Crippen molar-refractivity contribution in [2.24, 2.45) is 5.73 Å². The van der Waals surface area contributed by atoms with Crippen LogP contribution in [-0.4, -0.2) is 26.9 Å². The van der Waals surface area contributed by atoms with Crippen LogP contribution in [0.1, 0.15) is 23.2 Å². The van der Waals surface area contributed by atoms with E-state index in [4.69, 9.17) is 5.73 Å². The molecule has 0 radical (unpaired) electrons. The molecule has 3 aromatic rings. The molecule has 4 rings (SSSR count). The predicted octanol–water partition coefficient (Wildman–Crippen LogP) is 2.25. The van der Waals surface area contributed by atoms with E-state index < -0.39 is 5.91 Å². The minimum atomic E-state index is -0.567. The smallest absolute Gasteiger partial charge is 0.255 e. The number of anilines is 3. The third kappa shape index (κ3) is 3.79. The summed E-state index contributed by atoms with van der Waals surface area (Å²) in [5, 5.41) is 6.30. The van der Waals surface area contributed by atoms with Gasteiger partial charge >= 0.3 is 0 Å². The molecular formula is C19H18N6O2. The van der Waals surface area contributed by atoms with Crippen LogP contribution in [0.15, 0.2) is 53.6 Å². The first-order valence-corrected chi connectivity index (χ1v) is 8.59. The second-order valence-electron chi connectivity index (χ2n) is 6.35. The number of benzene rings is 1. The molecule has 1 aliphatic carbocycles. The van der Waals surface area contributed by atoms with Gasteiger partial charge < -0.3 is 21.4 Å². The fourth-order valence-corrected chi connectivity index (χ4v) is 2.66. The number of carbonyl (C=O) groups is 1. The highest BCUT2D eigenvalue weighted by Gasteiger charge is 2.24. The molecule has 0 spiro atoms. The lowest BCUT2D eigenvalue weighted by atomic mass is 10.1. The Bertz CT molecular complexity index is 1040. The van der Waals surface area contributed by atoms with Gasteiger partial charge in [-0.2, -0.15) is 4.98 Å². The van der Waals surface area contributed by atoms with Crippen molar-refractivity contribution in [3.63, 3.8) is 0 Å². The Morgan fingerprint density at radius 2 is 1.96 bits per heavy atom. The number of pyridine rings is 1. The van der Waals surface area contributed by atoms with E-state index in [9.17, 15) is 9.59 Å².